The van der Waals surface area contributed by atoms with Crippen molar-refractivity contribution in [2.75, 3.05) is 0 Å². The Morgan fingerprint density at radius 2 is 1.00 bits per heavy atom. The minimum atomic E-state index is -4.67. The third kappa shape index (κ3) is 493. The van der Waals surface area contributed by atoms with E-state index in [1.165, 1.54) is 0 Å². The summed E-state index contributed by atoms with van der Waals surface area (Å²) in [4.78, 5) is 0. The molecule has 11 heavy (non-hydrogen) atoms. The van der Waals surface area contributed by atoms with Gasteiger partial charge in [-0.25, -0.2) is 0 Å². The standard InChI is InChI=1S/BH3O3.Na.H2O4S.Zn.H/c2-1(3)4;;1-5(2,3)4;;/h2-4H;;(H2,1,2,3,4);;. The van der Waals surface area contributed by atoms with Gasteiger partial charge in [-0.15, -0.1) is 0 Å². The molecule has 0 atom stereocenters. The minimum absolute atomic E-state index is 0. The van der Waals surface area contributed by atoms with Crippen LogP contribution in [-0.4, -0.2) is 69.5 Å². The largest absolute Gasteiger partial charge is 0 e. The van der Waals surface area contributed by atoms with Gasteiger partial charge in [-0.3, -0.25) is 9.11 Å². The Balaban J connectivity index is -0.0000000383. The molecule has 0 spiro atoms. The van der Waals surface area contributed by atoms with Gasteiger partial charge in [0.15, 0.2) is 0 Å². The van der Waals surface area contributed by atoms with Crippen LogP contribution in [0.25, 0.3) is 0 Å². The van der Waals surface area contributed by atoms with Gasteiger partial charge in [0.1, 0.15) is 0 Å². The molecular weight excluding hydrogens is 243 g/mol. The SMILES string of the molecule is O=S(=O)(O)O.OB(O)O.[NaH].[Zn]. The Bertz CT molecular complexity index is 130. The van der Waals surface area contributed by atoms with Crippen molar-refractivity contribution in [3.8, 4) is 0 Å². The Kier molecular flexibility index (Phi) is 23.8. The molecular formula is H6BNaO7SZn. The molecule has 0 aromatic rings. The molecule has 60 valence electrons. The summed E-state index contributed by atoms with van der Waals surface area (Å²) >= 11 is 0. The van der Waals surface area contributed by atoms with E-state index in [2.05, 4.69) is 0 Å². The van der Waals surface area contributed by atoms with E-state index in [9.17, 15) is 0 Å². The summed E-state index contributed by atoms with van der Waals surface area (Å²) in [7, 11) is -6.83. The van der Waals surface area contributed by atoms with Crippen LogP contribution in [0.5, 0.6) is 0 Å². The molecule has 0 heterocycles. The second-order valence-corrected chi connectivity index (χ2v) is 1.69. The zero-order chi connectivity index (χ0) is 8.08. The normalized spacial score (nSPS) is 7.73. The predicted molar refractivity (Wildman–Crippen MR) is 33.7 cm³/mol. The molecule has 11 heteroatoms. The maximum absolute atomic E-state index is 8.74. The van der Waals surface area contributed by atoms with Gasteiger partial charge in [0.05, 0.1) is 0 Å². The fourth-order valence-corrected chi connectivity index (χ4v) is 0. The first-order chi connectivity index (χ1) is 3.73. The molecule has 0 rings (SSSR count). The van der Waals surface area contributed by atoms with Crippen molar-refractivity contribution in [1.29, 1.82) is 0 Å². The quantitative estimate of drug-likeness (QED) is 0.223. The van der Waals surface area contributed by atoms with Gasteiger partial charge in [-0.05, 0) is 0 Å². The second-order valence-electron chi connectivity index (χ2n) is 0.794. The molecule has 0 aromatic heterocycles. The van der Waals surface area contributed by atoms with Crippen molar-refractivity contribution >= 4 is 47.3 Å². The van der Waals surface area contributed by atoms with E-state index in [-0.39, 0.29) is 49.0 Å². The van der Waals surface area contributed by atoms with Crippen LogP contribution < -0.4 is 0 Å². The van der Waals surface area contributed by atoms with Crippen LogP contribution in [0.1, 0.15) is 0 Å². The van der Waals surface area contributed by atoms with Gasteiger partial charge in [-0.1, -0.05) is 0 Å². The van der Waals surface area contributed by atoms with Gasteiger partial charge in [0.25, 0.3) is 0 Å². The summed E-state index contributed by atoms with van der Waals surface area (Å²) in [5.74, 6) is 0. The molecule has 0 saturated carbocycles. The summed E-state index contributed by atoms with van der Waals surface area (Å²) in [5.41, 5.74) is 0. The Morgan fingerprint density at radius 3 is 1.00 bits per heavy atom. The molecule has 0 amide bonds. The van der Waals surface area contributed by atoms with Crippen molar-refractivity contribution in [2.45, 2.75) is 0 Å². The predicted octanol–water partition coefficient (Wildman–Crippen LogP) is -3.36. The fourth-order valence-electron chi connectivity index (χ4n) is 0. The zero-order valence-electron chi connectivity index (χ0n) is 4.75. The van der Waals surface area contributed by atoms with E-state index in [0.29, 0.717) is 0 Å². The van der Waals surface area contributed by atoms with Gasteiger partial charge < -0.3 is 15.1 Å². The molecule has 0 bridgehead atoms. The molecule has 0 fully saturated rings. The van der Waals surface area contributed by atoms with Gasteiger partial charge in [0.2, 0.25) is 0 Å². The van der Waals surface area contributed by atoms with E-state index in [0.717, 1.165) is 0 Å². The maximum Gasteiger partial charge on any atom is 0 e. The van der Waals surface area contributed by atoms with E-state index in [1.807, 2.05) is 0 Å². The van der Waals surface area contributed by atoms with E-state index >= 15 is 0 Å². The Labute approximate surface area is 98.6 Å². The first kappa shape index (κ1) is 22.9. The van der Waals surface area contributed by atoms with E-state index in [1.54, 1.807) is 0 Å². The van der Waals surface area contributed by atoms with Gasteiger partial charge in [0, 0.05) is 19.5 Å². The molecule has 0 saturated heterocycles. The zero-order valence-corrected chi connectivity index (χ0v) is 8.53. The van der Waals surface area contributed by atoms with Crippen LogP contribution in [0.4, 0.5) is 0 Å². The van der Waals surface area contributed by atoms with Crippen molar-refractivity contribution in [2.24, 2.45) is 0 Å². The first-order valence-corrected chi connectivity index (χ1v) is 2.87. The summed E-state index contributed by atoms with van der Waals surface area (Å²) < 4.78 is 31.6. The van der Waals surface area contributed by atoms with E-state index in [4.69, 9.17) is 32.6 Å². The third-order valence-corrected chi connectivity index (χ3v) is 0. The smallest absolute Gasteiger partial charge is 0 e. The number of hydrogen-bond acceptors (Lipinski definition) is 5. The van der Waals surface area contributed by atoms with Crippen LogP contribution in [0.15, 0.2) is 0 Å². The van der Waals surface area contributed by atoms with Crippen LogP contribution >= 0.6 is 0 Å². The van der Waals surface area contributed by atoms with Crippen molar-refractivity contribution in [3.63, 3.8) is 0 Å². The summed E-state index contributed by atoms with van der Waals surface area (Å²) in [6, 6.07) is 0. The van der Waals surface area contributed by atoms with Crippen molar-refractivity contribution in [3.05, 3.63) is 0 Å². The molecule has 0 aliphatic carbocycles. The molecule has 0 aliphatic rings. The number of rotatable bonds is 0. The molecule has 7 nitrogen and oxygen atoms in total. The van der Waals surface area contributed by atoms with Crippen molar-refractivity contribution in [1.82, 2.24) is 0 Å². The molecule has 0 radical (unpaired) electrons. The second kappa shape index (κ2) is 11.4. The molecule has 5 N–H and O–H groups in total. The van der Waals surface area contributed by atoms with Crippen LogP contribution in [-0.2, 0) is 29.9 Å². The Morgan fingerprint density at radius 1 is 1.00 bits per heavy atom. The van der Waals surface area contributed by atoms with Crippen LogP contribution in [0.3, 0.4) is 0 Å². The first-order valence-electron chi connectivity index (χ1n) is 1.47. The summed E-state index contributed by atoms with van der Waals surface area (Å²) in [6.07, 6.45) is 0. The van der Waals surface area contributed by atoms with Gasteiger partial charge >= 0.3 is 47.3 Å². The summed E-state index contributed by atoms with van der Waals surface area (Å²) in [6.45, 7) is 0. The average Bonchev–Trinajstić information content (AvgIpc) is 1.19. The third-order valence-electron chi connectivity index (χ3n) is 0. The molecule has 0 aromatic carbocycles. The molecule has 0 unspecified atom stereocenters. The van der Waals surface area contributed by atoms with Crippen molar-refractivity contribution < 1.29 is 52.1 Å². The van der Waals surface area contributed by atoms with Gasteiger partial charge in [-0.2, -0.15) is 8.42 Å². The minimum Gasteiger partial charge on any atom is 0 e. The Hall–Kier alpha value is 1.44. The summed E-state index contributed by atoms with van der Waals surface area (Å²) in [5, 5.41) is 21.5. The topological polar surface area (TPSA) is 135 Å². The molecule has 0 aliphatic heterocycles. The number of hydrogen-bond donors (Lipinski definition) is 5. The average molecular weight is 249 g/mol. The maximum atomic E-state index is 8.74. The monoisotopic (exact) mass is 248 g/mol. The van der Waals surface area contributed by atoms with Crippen LogP contribution in [0, 0.1) is 0 Å². The fraction of sp³-hybridized carbons (Fsp3) is 0. The van der Waals surface area contributed by atoms with Crippen LogP contribution in [0.2, 0.25) is 0 Å². The van der Waals surface area contributed by atoms with E-state index < -0.39 is 17.7 Å².